The van der Waals surface area contributed by atoms with Gasteiger partial charge >= 0.3 is 0 Å². The van der Waals surface area contributed by atoms with Gasteiger partial charge in [0.2, 0.25) is 0 Å². The molecule has 0 bridgehead atoms. The summed E-state index contributed by atoms with van der Waals surface area (Å²) in [5, 5.41) is 9.76. The zero-order valence-corrected chi connectivity index (χ0v) is 21.1. The van der Waals surface area contributed by atoms with Gasteiger partial charge in [0.25, 0.3) is 0 Å². The van der Waals surface area contributed by atoms with Crippen LogP contribution in [-0.4, -0.2) is 17.8 Å². The summed E-state index contributed by atoms with van der Waals surface area (Å²) in [5.41, 5.74) is 4.55. The Bertz CT molecular complexity index is 823. The minimum absolute atomic E-state index is 0.174. The molecular formula is C30H44O2. The van der Waals surface area contributed by atoms with E-state index in [0.29, 0.717) is 30.8 Å². The molecule has 0 aliphatic heterocycles. The lowest BCUT2D eigenvalue weighted by atomic mass is 9.59. The van der Waals surface area contributed by atoms with Gasteiger partial charge in [-0.3, -0.25) is 0 Å². The number of aliphatic hydroxyl groups is 1. The average molecular weight is 437 g/mol. The van der Waals surface area contributed by atoms with Crippen LogP contribution in [0.15, 0.2) is 48.5 Å². The molecule has 2 aromatic rings. The van der Waals surface area contributed by atoms with Crippen LogP contribution in [0, 0.1) is 11.8 Å². The SMILES string of the molecule is CCC(O)COc1ccc(C2(C)CCC(C(C)C)C(c3ccc(C(C)CC)cc3)C2)cc1. The minimum atomic E-state index is -0.397. The number of rotatable bonds is 9. The summed E-state index contributed by atoms with van der Waals surface area (Å²) < 4.78 is 5.76. The maximum absolute atomic E-state index is 9.76. The van der Waals surface area contributed by atoms with E-state index in [4.69, 9.17) is 4.74 Å². The molecule has 0 heterocycles. The lowest BCUT2D eigenvalue weighted by Crippen LogP contribution is -2.35. The number of hydrogen-bond donors (Lipinski definition) is 1. The molecule has 1 N–H and O–H groups in total. The van der Waals surface area contributed by atoms with E-state index in [9.17, 15) is 5.11 Å². The van der Waals surface area contributed by atoms with E-state index in [1.54, 1.807) is 0 Å². The van der Waals surface area contributed by atoms with Crippen LogP contribution in [-0.2, 0) is 5.41 Å². The van der Waals surface area contributed by atoms with Crippen LogP contribution in [0.4, 0.5) is 0 Å². The van der Waals surface area contributed by atoms with Gasteiger partial charge in [0.1, 0.15) is 12.4 Å². The van der Waals surface area contributed by atoms with Crippen molar-refractivity contribution in [2.24, 2.45) is 11.8 Å². The normalized spacial score (nSPS) is 25.5. The summed E-state index contributed by atoms with van der Waals surface area (Å²) in [6.07, 6.45) is 5.19. The van der Waals surface area contributed by atoms with E-state index in [0.717, 1.165) is 11.7 Å². The van der Waals surface area contributed by atoms with E-state index < -0.39 is 6.10 Å². The second kappa shape index (κ2) is 10.9. The highest BCUT2D eigenvalue weighted by molar-refractivity contribution is 5.35. The summed E-state index contributed by atoms with van der Waals surface area (Å²) >= 11 is 0. The topological polar surface area (TPSA) is 29.5 Å². The molecule has 2 nitrogen and oxygen atoms in total. The molecule has 2 aromatic carbocycles. The molecule has 0 saturated heterocycles. The fourth-order valence-corrected chi connectivity index (χ4v) is 5.42. The molecule has 0 radical (unpaired) electrons. The smallest absolute Gasteiger partial charge is 0.119 e. The lowest BCUT2D eigenvalue weighted by molar-refractivity contribution is 0.104. The largest absolute Gasteiger partial charge is 0.491 e. The van der Waals surface area contributed by atoms with Crippen molar-refractivity contribution in [2.75, 3.05) is 6.61 Å². The van der Waals surface area contributed by atoms with Crippen LogP contribution in [0.3, 0.4) is 0 Å². The Kier molecular flexibility index (Phi) is 8.44. The molecule has 0 amide bonds. The molecule has 5 unspecified atom stereocenters. The monoisotopic (exact) mass is 436 g/mol. The third-order valence-corrected chi connectivity index (χ3v) is 8.08. The standard InChI is InChI=1S/C30H44O2/c1-7-22(5)23-9-11-24(12-10-23)29-19-30(6,18-17-28(29)21(3)4)25-13-15-27(16-14-25)32-20-26(31)8-2/h9-16,21-22,26,28-29,31H,7-8,17-20H2,1-6H3. The molecule has 1 fully saturated rings. The van der Waals surface area contributed by atoms with Crippen molar-refractivity contribution in [3.63, 3.8) is 0 Å². The van der Waals surface area contributed by atoms with Gasteiger partial charge in [0.05, 0.1) is 6.10 Å². The Labute approximate surface area is 196 Å². The first-order chi connectivity index (χ1) is 15.3. The molecule has 32 heavy (non-hydrogen) atoms. The Morgan fingerprint density at radius 3 is 2.19 bits per heavy atom. The number of ether oxygens (including phenoxy) is 1. The van der Waals surface area contributed by atoms with Gasteiger partial charge in [-0.05, 0) is 90.0 Å². The molecule has 3 rings (SSSR count). The molecule has 1 saturated carbocycles. The van der Waals surface area contributed by atoms with Gasteiger partial charge in [0.15, 0.2) is 0 Å². The Hall–Kier alpha value is -1.80. The Morgan fingerprint density at radius 2 is 1.62 bits per heavy atom. The molecule has 2 heteroatoms. The van der Waals surface area contributed by atoms with Crippen molar-refractivity contribution in [3.05, 3.63) is 65.2 Å². The predicted octanol–water partition coefficient (Wildman–Crippen LogP) is 7.85. The van der Waals surface area contributed by atoms with Gasteiger partial charge in [-0.1, -0.05) is 77.9 Å². The van der Waals surface area contributed by atoms with Gasteiger partial charge in [-0.2, -0.15) is 0 Å². The first kappa shape index (κ1) is 24.8. The number of benzene rings is 2. The van der Waals surface area contributed by atoms with Gasteiger partial charge in [0, 0.05) is 0 Å². The van der Waals surface area contributed by atoms with Crippen molar-refractivity contribution < 1.29 is 9.84 Å². The van der Waals surface area contributed by atoms with Crippen LogP contribution in [0.25, 0.3) is 0 Å². The average Bonchev–Trinajstić information content (AvgIpc) is 2.82. The van der Waals surface area contributed by atoms with E-state index in [2.05, 4.69) is 83.1 Å². The van der Waals surface area contributed by atoms with Crippen LogP contribution >= 0.6 is 0 Å². The molecule has 1 aliphatic rings. The zero-order chi connectivity index (χ0) is 23.3. The summed E-state index contributed by atoms with van der Waals surface area (Å²) in [5.74, 6) is 3.49. The van der Waals surface area contributed by atoms with Crippen LogP contribution in [0.1, 0.15) is 102 Å². The fourth-order valence-electron chi connectivity index (χ4n) is 5.42. The summed E-state index contributed by atoms with van der Waals surface area (Å²) in [7, 11) is 0. The molecule has 176 valence electrons. The maximum Gasteiger partial charge on any atom is 0.119 e. The molecular weight excluding hydrogens is 392 g/mol. The highest BCUT2D eigenvalue weighted by Gasteiger charge is 2.40. The van der Waals surface area contributed by atoms with Gasteiger partial charge in [-0.25, -0.2) is 0 Å². The predicted molar refractivity (Wildman–Crippen MR) is 136 cm³/mol. The van der Waals surface area contributed by atoms with E-state index >= 15 is 0 Å². The number of aliphatic hydroxyl groups excluding tert-OH is 1. The third kappa shape index (κ3) is 5.76. The van der Waals surface area contributed by atoms with Gasteiger partial charge < -0.3 is 9.84 Å². The second-order valence-electron chi connectivity index (χ2n) is 10.7. The molecule has 0 aromatic heterocycles. The quantitative estimate of drug-likeness (QED) is 0.434. The highest BCUT2D eigenvalue weighted by atomic mass is 16.5. The van der Waals surface area contributed by atoms with Crippen molar-refractivity contribution >= 4 is 0 Å². The summed E-state index contributed by atoms with van der Waals surface area (Å²) in [6, 6.07) is 18.2. The van der Waals surface area contributed by atoms with Crippen molar-refractivity contribution in [2.45, 2.75) is 97.0 Å². The van der Waals surface area contributed by atoms with Crippen molar-refractivity contribution in [3.8, 4) is 5.75 Å². The Morgan fingerprint density at radius 1 is 0.969 bits per heavy atom. The molecule has 0 spiro atoms. The molecule has 1 aliphatic carbocycles. The van der Waals surface area contributed by atoms with E-state index in [1.165, 1.54) is 42.4 Å². The van der Waals surface area contributed by atoms with Crippen LogP contribution in [0.2, 0.25) is 0 Å². The summed E-state index contributed by atoms with van der Waals surface area (Å²) in [4.78, 5) is 0. The second-order valence-corrected chi connectivity index (χ2v) is 10.7. The number of hydrogen-bond acceptors (Lipinski definition) is 2. The first-order valence-corrected chi connectivity index (χ1v) is 12.8. The van der Waals surface area contributed by atoms with Crippen LogP contribution < -0.4 is 4.74 Å². The summed E-state index contributed by atoms with van der Waals surface area (Å²) in [6.45, 7) is 14.1. The lowest BCUT2D eigenvalue weighted by Gasteiger charge is -2.45. The van der Waals surface area contributed by atoms with Crippen LogP contribution in [0.5, 0.6) is 5.75 Å². The first-order valence-electron chi connectivity index (χ1n) is 12.8. The zero-order valence-electron chi connectivity index (χ0n) is 21.1. The molecule has 5 atom stereocenters. The third-order valence-electron chi connectivity index (χ3n) is 8.08. The van der Waals surface area contributed by atoms with E-state index in [-0.39, 0.29) is 5.41 Å². The van der Waals surface area contributed by atoms with Crippen molar-refractivity contribution in [1.82, 2.24) is 0 Å². The minimum Gasteiger partial charge on any atom is -0.491 e. The van der Waals surface area contributed by atoms with Gasteiger partial charge in [-0.15, -0.1) is 0 Å². The highest BCUT2D eigenvalue weighted by Crippen LogP contribution is 2.50. The maximum atomic E-state index is 9.76. The van der Waals surface area contributed by atoms with Crippen molar-refractivity contribution in [1.29, 1.82) is 0 Å². The fraction of sp³-hybridized carbons (Fsp3) is 0.600. The Balaban J connectivity index is 1.79. The van der Waals surface area contributed by atoms with E-state index in [1.807, 2.05) is 6.92 Å².